The highest BCUT2D eigenvalue weighted by Crippen LogP contribution is 2.25. The van der Waals surface area contributed by atoms with E-state index in [0.717, 1.165) is 10.8 Å². The van der Waals surface area contributed by atoms with Crippen LogP contribution in [-0.4, -0.2) is 43.9 Å². The summed E-state index contributed by atoms with van der Waals surface area (Å²) in [6.07, 6.45) is 3.31. The third-order valence-electron chi connectivity index (χ3n) is 3.33. The highest BCUT2D eigenvalue weighted by atomic mass is 35.5. The molecule has 2 heterocycles. The minimum absolute atomic E-state index is 0. The van der Waals surface area contributed by atoms with Gasteiger partial charge in [0.15, 0.2) is 0 Å². The van der Waals surface area contributed by atoms with E-state index in [9.17, 15) is 8.42 Å². The summed E-state index contributed by atoms with van der Waals surface area (Å²) in [4.78, 5) is 4.40. The molecule has 1 aromatic carbocycles. The second-order valence-electron chi connectivity index (χ2n) is 4.51. The Kier molecular flexibility index (Phi) is 8.61. The molecule has 1 aromatic heterocycles. The topological polar surface area (TPSA) is 62.3 Å². The van der Waals surface area contributed by atoms with Gasteiger partial charge in [-0.05, 0) is 12.1 Å². The predicted octanol–water partition coefficient (Wildman–Crippen LogP) is 2.09. The average Bonchev–Trinajstić information content (AvgIpc) is 2.47. The molecular weight excluding hydrogens is 369 g/mol. The summed E-state index contributed by atoms with van der Waals surface area (Å²) in [6.45, 7) is 2.44. The van der Waals surface area contributed by atoms with Gasteiger partial charge in [0.25, 0.3) is 0 Å². The van der Waals surface area contributed by atoms with Crippen molar-refractivity contribution < 1.29 is 8.42 Å². The van der Waals surface area contributed by atoms with Gasteiger partial charge in [-0.2, -0.15) is 4.31 Å². The monoisotopic (exact) mass is 385 g/mol. The highest BCUT2D eigenvalue weighted by molar-refractivity contribution is 7.89. The lowest BCUT2D eigenvalue weighted by Crippen LogP contribution is -2.46. The van der Waals surface area contributed by atoms with Crippen LogP contribution >= 0.6 is 37.2 Å². The van der Waals surface area contributed by atoms with E-state index in [1.165, 1.54) is 0 Å². The van der Waals surface area contributed by atoms with Crippen LogP contribution in [0.4, 0.5) is 0 Å². The van der Waals surface area contributed by atoms with E-state index >= 15 is 0 Å². The highest BCUT2D eigenvalue weighted by Gasteiger charge is 2.27. The van der Waals surface area contributed by atoms with Gasteiger partial charge in [-0.3, -0.25) is 4.98 Å². The Labute approximate surface area is 148 Å². The summed E-state index contributed by atoms with van der Waals surface area (Å²) in [5.41, 5.74) is 0. The molecule has 1 aliphatic rings. The fraction of sp³-hybridized carbons (Fsp3) is 0.308. The number of nitrogens with zero attached hydrogens (tertiary/aromatic N) is 2. The lowest BCUT2D eigenvalue weighted by Gasteiger charge is -2.27. The van der Waals surface area contributed by atoms with Crippen LogP contribution in [0.3, 0.4) is 0 Å². The Hall–Kier alpha value is -0.630. The van der Waals surface area contributed by atoms with Crippen molar-refractivity contribution >= 4 is 58.0 Å². The maximum absolute atomic E-state index is 12.7. The summed E-state index contributed by atoms with van der Waals surface area (Å²) < 4.78 is 26.9. The molecule has 0 aliphatic carbocycles. The predicted molar refractivity (Wildman–Crippen MR) is 95.1 cm³/mol. The van der Waals surface area contributed by atoms with Gasteiger partial charge >= 0.3 is 0 Å². The minimum atomic E-state index is -3.42. The van der Waals surface area contributed by atoms with Crippen molar-refractivity contribution in [3.05, 3.63) is 36.7 Å². The van der Waals surface area contributed by atoms with Crippen LogP contribution in [-0.2, 0) is 10.0 Å². The first-order valence-corrected chi connectivity index (χ1v) is 7.67. The molecule has 0 atom stereocenters. The molecule has 0 saturated carbocycles. The van der Waals surface area contributed by atoms with Crippen molar-refractivity contribution in [2.75, 3.05) is 26.2 Å². The normalized spacial score (nSPS) is 15.3. The van der Waals surface area contributed by atoms with Crippen LogP contribution in [0.5, 0.6) is 0 Å². The van der Waals surface area contributed by atoms with E-state index in [0.29, 0.717) is 31.1 Å². The van der Waals surface area contributed by atoms with E-state index in [1.807, 2.05) is 6.07 Å². The maximum atomic E-state index is 12.7. The molecule has 0 unspecified atom stereocenters. The van der Waals surface area contributed by atoms with Crippen molar-refractivity contribution in [3.63, 3.8) is 0 Å². The van der Waals surface area contributed by atoms with Crippen molar-refractivity contribution in [2.24, 2.45) is 0 Å². The number of aromatic nitrogens is 1. The number of rotatable bonds is 2. The van der Waals surface area contributed by atoms with Gasteiger partial charge in [0, 0.05) is 49.3 Å². The molecule has 9 heteroatoms. The number of nitrogens with one attached hydrogen (secondary N) is 1. The van der Waals surface area contributed by atoms with Crippen LogP contribution in [0.1, 0.15) is 0 Å². The van der Waals surface area contributed by atoms with Crippen molar-refractivity contribution in [2.45, 2.75) is 4.90 Å². The molecule has 0 spiro atoms. The number of hydrogen-bond acceptors (Lipinski definition) is 4. The molecule has 1 saturated heterocycles. The Balaban J connectivity index is 0.00000147. The summed E-state index contributed by atoms with van der Waals surface area (Å²) in [6, 6.07) is 7.06. The first-order valence-electron chi connectivity index (χ1n) is 6.23. The minimum Gasteiger partial charge on any atom is -0.314 e. The largest absolute Gasteiger partial charge is 0.314 e. The van der Waals surface area contributed by atoms with Crippen LogP contribution in [0, 0.1) is 0 Å². The number of piperazine rings is 1. The van der Waals surface area contributed by atoms with Crippen LogP contribution in [0.15, 0.2) is 41.6 Å². The lowest BCUT2D eigenvalue weighted by molar-refractivity contribution is 0.360. The zero-order valence-corrected chi connectivity index (χ0v) is 14.9. The van der Waals surface area contributed by atoms with E-state index < -0.39 is 10.0 Å². The smallest absolute Gasteiger partial charge is 0.243 e. The number of hydrogen-bond donors (Lipinski definition) is 1. The Bertz CT molecular complexity index is 701. The molecule has 5 nitrogen and oxygen atoms in total. The van der Waals surface area contributed by atoms with E-state index in [2.05, 4.69) is 10.3 Å². The third kappa shape index (κ3) is 4.01. The van der Waals surface area contributed by atoms with E-state index in [4.69, 9.17) is 0 Å². The van der Waals surface area contributed by atoms with Gasteiger partial charge in [0.2, 0.25) is 10.0 Å². The molecule has 1 aliphatic heterocycles. The quantitative estimate of drug-likeness (QED) is 0.858. The van der Waals surface area contributed by atoms with Gasteiger partial charge < -0.3 is 5.32 Å². The zero-order valence-electron chi connectivity index (χ0n) is 11.6. The van der Waals surface area contributed by atoms with Crippen molar-refractivity contribution in [1.82, 2.24) is 14.6 Å². The first-order chi connectivity index (χ1) is 9.19. The molecule has 3 rings (SSSR count). The van der Waals surface area contributed by atoms with Gasteiger partial charge in [0.05, 0.1) is 4.90 Å². The number of pyridine rings is 1. The Morgan fingerprint density at radius 2 is 1.73 bits per heavy atom. The second kappa shape index (κ2) is 8.86. The van der Waals surface area contributed by atoms with Crippen LogP contribution < -0.4 is 5.32 Å². The van der Waals surface area contributed by atoms with Crippen molar-refractivity contribution in [1.29, 1.82) is 0 Å². The fourth-order valence-electron chi connectivity index (χ4n) is 2.34. The van der Waals surface area contributed by atoms with Crippen LogP contribution in [0.2, 0.25) is 0 Å². The number of sulfonamides is 1. The van der Waals surface area contributed by atoms with E-state index in [1.54, 1.807) is 34.9 Å². The van der Waals surface area contributed by atoms with Crippen molar-refractivity contribution in [3.8, 4) is 0 Å². The Morgan fingerprint density at radius 3 is 2.41 bits per heavy atom. The molecule has 0 bridgehead atoms. The lowest BCUT2D eigenvalue weighted by atomic mass is 10.2. The summed E-state index contributed by atoms with van der Waals surface area (Å²) in [5, 5.41) is 4.74. The van der Waals surface area contributed by atoms with Crippen LogP contribution in [0.25, 0.3) is 10.8 Å². The molecule has 0 radical (unpaired) electrons. The van der Waals surface area contributed by atoms with Gasteiger partial charge in [-0.25, -0.2) is 8.42 Å². The third-order valence-corrected chi connectivity index (χ3v) is 5.29. The summed E-state index contributed by atoms with van der Waals surface area (Å²) in [5.74, 6) is 0. The van der Waals surface area contributed by atoms with Gasteiger partial charge in [-0.1, -0.05) is 12.1 Å². The molecule has 1 fully saturated rings. The molecule has 0 amide bonds. The molecular formula is C13H18Cl3N3O2S. The molecule has 2 aromatic rings. The second-order valence-corrected chi connectivity index (χ2v) is 6.41. The summed E-state index contributed by atoms with van der Waals surface area (Å²) in [7, 11) is -3.42. The fourth-order valence-corrected chi connectivity index (χ4v) is 4.00. The number of benzene rings is 1. The number of halogens is 3. The average molecular weight is 387 g/mol. The zero-order chi connectivity index (χ0) is 13.3. The molecule has 1 N–H and O–H groups in total. The number of fused-ring (bicyclic) bond motifs is 1. The Morgan fingerprint density at radius 1 is 1.05 bits per heavy atom. The first kappa shape index (κ1) is 21.4. The maximum Gasteiger partial charge on any atom is 0.243 e. The standard InChI is InChI=1S/C13H15N3O2S.3ClH/c17-19(18,16-8-6-14-7-9-16)13-3-1-2-11-10-15-5-4-12(11)13;;;/h1-5,10,14H,6-9H2;3*1H. The molecule has 124 valence electrons. The van der Waals surface area contributed by atoms with Gasteiger partial charge in [-0.15, -0.1) is 37.2 Å². The van der Waals surface area contributed by atoms with E-state index in [-0.39, 0.29) is 37.2 Å². The molecule has 22 heavy (non-hydrogen) atoms. The SMILES string of the molecule is Cl.Cl.Cl.O=S(=O)(c1cccc2cnccc12)N1CCNCC1. The summed E-state index contributed by atoms with van der Waals surface area (Å²) >= 11 is 0. The van der Waals surface area contributed by atoms with Gasteiger partial charge in [0.1, 0.15) is 0 Å².